The molecule has 5 N–H and O–H groups in total. The number of carboxylic acid groups (broad SMARTS) is 1. The van der Waals surface area contributed by atoms with Crippen molar-refractivity contribution in [2.24, 2.45) is 0 Å². The molecule has 0 aliphatic heterocycles. The minimum Gasteiger partial charge on any atom is -0.508 e. The Labute approximate surface area is 119 Å². The summed E-state index contributed by atoms with van der Waals surface area (Å²) in [6.07, 6.45) is 1.20. The van der Waals surface area contributed by atoms with Crippen molar-refractivity contribution in [3.63, 3.8) is 0 Å². The average Bonchev–Trinajstić information content (AvgIpc) is 2.42. The van der Waals surface area contributed by atoms with Crippen LogP contribution in [0.4, 0.5) is 0 Å². The van der Waals surface area contributed by atoms with E-state index in [1.807, 2.05) is 0 Å². The molecule has 0 amide bonds. The maximum atomic E-state index is 11.3. The Morgan fingerprint density at radius 2 is 1.52 bits per heavy atom. The van der Waals surface area contributed by atoms with E-state index in [1.54, 1.807) is 0 Å². The average molecular weight is 288 g/mol. The molecule has 0 spiro atoms. The first-order valence-corrected chi connectivity index (χ1v) is 5.88. The molecular formula is C15H12O6. The summed E-state index contributed by atoms with van der Waals surface area (Å²) in [7, 11) is 0. The van der Waals surface area contributed by atoms with E-state index in [-0.39, 0.29) is 28.4 Å². The normalized spacial score (nSPS) is 11.3. The summed E-state index contributed by atoms with van der Waals surface area (Å²) in [6, 6.07) is 7.31. The minimum absolute atomic E-state index is 0.0601. The minimum atomic E-state index is -1.32. The highest BCUT2D eigenvalue weighted by Gasteiger charge is 2.15. The fourth-order valence-electron chi connectivity index (χ4n) is 1.79. The monoisotopic (exact) mass is 288 g/mol. The predicted molar refractivity (Wildman–Crippen MR) is 75.0 cm³/mol. The first-order chi connectivity index (χ1) is 9.88. The van der Waals surface area contributed by atoms with Gasteiger partial charge in [0.2, 0.25) is 0 Å². The van der Waals surface area contributed by atoms with Crippen molar-refractivity contribution in [3.8, 4) is 23.0 Å². The van der Waals surface area contributed by atoms with Gasteiger partial charge in [-0.15, -0.1) is 0 Å². The maximum Gasteiger partial charge on any atom is 0.336 e. The van der Waals surface area contributed by atoms with Gasteiger partial charge >= 0.3 is 5.97 Å². The molecule has 0 radical (unpaired) electrons. The van der Waals surface area contributed by atoms with Gasteiger partial charge < -0.3 is 25.5 Å². The van der Waals surface area contributed by atoms with Gasteiger partial charge in [0.05, 0.1) is 5.57 Å². The molecule has 0 fully saturated rings. The van der Waals surface area contributed by atoms with Gasteiger partial charge in [0, 0.05) is 5.56 Å². The molecule has 0 heterocycles. The Morgan fingerprint density at radius 1 is 0.857 bits per heavy atom. The summed E-state index contributed by atoms with van der Waals surface area (Å²) >= 11 is 0. The number of carboxylic acids is 1. The molecule has 6 nitrogen and oxygen atoms in total. The van der Waals surface area contributed by atoms with Gasteiger partial charge in [-0.2, -0.15) is 0 Å². The number of benzene rings is 2. The van der Waals surface area contributed by atoms with Gasteiger partial charge in [-0.1, -0.05) is 6.07 Å². The molecule has 0 aliphatic rings. The molecular weight excluding hydrogens is 276 g/mol. The fourth-order valence-corrected chi connectivity index (χ4v) is 1.79. The largest absolute Gasteiger partial charge is 0.508 e. The summed E-state index contributed by atoms with van der Waals surface area (Å²) in [5, 5.41) is 47.0. The number of aliphatic carboxylic acids is 1. The van der Waals surface area contributed by atoms with Crippen LogP contribution in [0, 0.1) is 0 Å². The third kappa shape index (κ3) is 3.06. The number of aromatic hydroxyl groups is 4. The van der Waals surface area contributed by atoms with Crippen LogP contribution in [0.1, 0.15) is 11.1 Å². The predicted octanol–water partition coefficient (Wildman–Crippen LogP) is 2.13. The van der Waals surface area contributed by atoms with Gasteiger partial charge in [0.15, 0.2) is 11.5 Å². The number of rotatable bonds is 3. The fraction of sp³-hybridized carbons (Fsp3) is 0. The van der Waals surface area contributed by atoms with Crippen LogP contribution in [0.5, 0.6) is 23.0 Å². The van der Waals surface area contributed by atoms with Crippen LogP contribution in [-0.2, 0) is 4.79 Å². The summed E-state index contributed by atoms with van der Waals surface area (Å²) < 4.78 is 0. The van der Waals surface area contributed by atoms with Crippen LogP contribution < -0.4 is 0 Å². The van der Waals surface area contributed by atoms with Crippen molar-refractivity contribution >= 4 is 17.6 Å². The van der Waals surface area contributed by atoms with E-state index < -0.39 is 11.7 Å². The van der Waals surface area contributed by atoms with Crippen LogP contribution >= 0.6 is 0 Å². The van der Waals surface area contributed by atoms with Crippen LogP contribution in [0.3, 0.4) is 0 Å². The first kappa shape index (κ1) is 14.3. The number of hydrogen-bond donors (Lipinski definition) is 5. The van der Waals surface area contributed by atoms with E-state index in [0.29, 0.717) is 5.56 Å². The molecule has 0 saturated heterocycles. The van der Waals surface area contributed by atoms with E-state index in [9.17, 15) is 30.3 Å². The maximum absolute atomic E-state index is 11.3. The van der Waals surface area contributed by atoms with Crippen molar-refractivity contribution in [1.82, 2.24) is 0 Å². The zero-order valence-electron chi connectivity index (χ0n) is 10.7. The quantitative estimate of drug-likeness (QED) is 0.255. The Balaban J connectivity index is 2.57. The van der Waals surface area contributed by atoms with Gasteiger partial charge in [-0.25, -0.2) is 4.79 Å². The second kappa shape index (κ2) is 5.46. The third-order valence-electron chi connectivity index (χ3n) is 2.81. The molecule has 0 saturated carbocycles. The standard InChI is InChI=1S/C15H12O6/c16-9-2-4-12(17)10(7-9)11(15(20)21)5-8-1-3-13(18)14(19)6-8/h1-7,16-19H,(H,20,21). The molecule has 0 bridgehead atoms. The second-order valence-electron chi connectivity index (χ2n) is 4.31. The highest BCUT2D eigenvalue weighted by atomic mass is 16.4. The first-order valence-electron chi connectivity index (χ1n) is 5.88. The van der Waals surface area contributed by atoms with Crippen molar-refractivity contribution < 1.29 is 30.3 Å². The molecule has 0 unspecified atom stereocenters. The summed E-state index contributed by atoms with van der Waals surface area (Å²) in [5.41, 5.74) is -0.0194. The lowest BCUT2D eigenvalue weighted by Gasteiger charge is -2.07. The molecule has 2 rings (SSSR count). The van der Waals surface area contributed by atoms with Gasteiger partial charge in [-0.05, 0) is 42.0 Å². The molecule has 21 heavy (non-hydrogen) atoms. The van der Waals surface area contributed by atoms with E-state index in [4.69, 9.17) is 0 Å². The van der Waals surface area contributed by atoms with Crippen molar-refractivity contribution in [3.05, 3.63) is 47.5 Å². The van der Waals surface area contributed by atoms with Crippen molar-refractivity contribution in [1.29, 1.82) is 0 Å². The number of hydrogen-bond acceptors (Lipinski definition) is 5. The van der Waals surface area contributed by atoms with E-state index in [1.165, 1.54) is 36.4 Å². The molecule has 6 heteroatoms. The van der Waals surface area contributed by atoms with Crippen LogP contribution in [0.25, 0.3) is 11.6 Å². The van der Waals surface area contributed by atoms with Crippen LogP contribution in [-0.4, -0.2) is 31.5 Å². The summed E-state index contributed by atoms with van der Waals surface area (Å²) in [6.45, 7) is 0. The second-order valence-corrected chi connectivity index (χ2v) is 4.31. The van der Waals surface area contributed by atoms with Crippen LogP contribution in [0.2, 0.25) is 0 Å². The lowest BCUT2D eigenvalue weighted by Crippen LogP contribution is -2.00. The zero-order valence-corrected chi connectivity index (χ0v) is 10.7. The molecule has 2 aromatic carbocycles. The van der Waals surface area contributed by atoms with Gasteiger partial charge in [0.1, 0.15) is 11.5 Å². The zero-order chi connectivity index (χ0) is 15.6. The van der Waals surface area contributed by atoms with E-state index >= 15 is 0 Å². The Hall–Kier alpha value is -3.15. The Bertz CT molecular complexity index is 733. The molecule has 0 aliphatic carbocycles. The number of phenols is 4. The number of phenolic OH excluding ortho intramolecular Hbond substituents is 4. The van der Waals surface area contributed by atoms with E-state index in [2.05, 4.69) is 0 Å². The number of carbonyl (C=O) groups is 1. The summed E-state index contributed by atoms with van der Waals surface area (Å²) in [4.78, 5) is 11.3. The lowest BCUT2D eigenvalue weighted by molar-refractivity contribution is -0.130. The Kier molecular flexibility index (Phi) is 3.71. The van der Waals surface area contributed by atoms with Crippen LogP contribution in [0.15, 0.2) is 36.4 Å². The Morgan fingerprint density at radius 3 is 2.14 bits per heavy atom. The summed E-state index contributed by atoms with van der Waals surface area (Å²) in [5.74, 6) is -2.53. The highest BCUT2D eigenvalue weighted by molar-refractivity contribution is 6.21. The molecule has 0 aromatic heterocycles. The smallest absolute Gasteiger partial charge is 0.336 e. The topological polar surface area (TPSA) is 118 Å². The molecule has 2 aromatic rings. The molecule has 108 valence electrons. The van der Waals surface area contributed by atoms with E-state index in [0.717, 1.165) is 6.07 Å². The highest BCUT2D eigenvalue weighted by Crippen LogP contribution is 2.32. The van der Waals surface area contributed by atoms with Crippen molar-refractivity contribution in [2.45, 2.75) is 0 Å². The molecule has 0 atom stereocenters. The van der Waals surface area contributed by atoms with Crippen molar-refractivity contribution in [2.75, 3.05) is 0 Å². The van der Waals surface area contributed by atoms with Gasteiger partial charge in [-0.3, -0.25) is 0 Å². The van der Waals surface area contributed by atoms with Gasteiger partial charge in [0.25, 0.3) is 0 Å². The SMILES string of the molecule is O=C(O)C(=Cc1ccc(O)c(O)c1)c1cc(O)ccc1O. The lowest BCUT2D eigenvalue weighted by atomic mass is 10.0. The third-order valence-corrected chi connectivity index (χ3v) is 2.81.